The summed E-state index contributed by atoms with van der Waals surface area (Å²) in [6.45, 7) is 7.65. The van der Waals surface area contributed by atoms with Crippen LogP contribution in [-0.2, 0) is 9.53 Å². The normalized spacial score (nSPS) is 20.6. The van der Waals surface area contributed by atoms with Gasteiger partial charge in [0.05, 0.1) is 13.2 Å². The Morgan fingerprint density at radius 2 is 2.00 bits per heavy atom. The van der Waals surface area contributed by atoms with Crippen molar-refractivity contribution < 1.29 is 14.3 Å². The minimum absolute atomic E-state index is 0.0576. The van der Waals surface area contributed by atoms with E-state index in [-0.39, 0.29) is 12.0 Å². The second-order valence-electron chi connectivity index (χ2n) is 5.94. The molecule has 104 valence electrons. The molecule has 0 amide bonds. The fourth-order valence-electron chi connectivity index (χ4n) is 2.46. The molecule has 0 saturated carbocycles. The molecule has 0 fully saturated rings. The Labute approximate surface area is 114 Å². The molecule has 1 heterocycles. The summed E-state index contributed by atoms with van der Waals surface area (Å²) >= 11 is 0. The third kappa shape index (κ3) is 2.45. The third-order valence-electron chi connectivity index (χ3n) is 3.50. The number of carbonyl (C=O) groups is 1. The van der Waals surface area contributed by atoms with Gasteiger partial charge in [0.2, 0.25) is 0 Å². The Morgan fingerprint density at radius 1 is 1.37 bits per heavy atom. The molecule has 19 heavy (non-hydrogen) atoms. The van der Waals surface area contributed by atoms with E-state index >= 15 is 0 Å². The van der Waals surface area contributed by atoms with E-state index in [1.807, 2.05) is 52.0 Å². The van der Waals surface area contributed by atoms with E-state index in [1.165, 1.54) is 7.11 Å². The van der Waals surface area contributed by atoms with Crippen molar-refractivity contribution in [3.8, 4) is 5.75 Å². The van der Waals surface area contributed by atoms with Gasteiger partial charge in [0.1, 0.15) is 16.9 Å². The highest BCUT2D eigenvalue weighted by atomic mass is 16.5. The van der Waals surface area contributed by atoms with Crippen LogP contribution < -0.4 is 10.1 Å². The maximum Gasteiger partial charge on any atom is 0.325 e. The fourth-order valence-corrected chi connectivity index (χ4v) is 2.46. The largest absolute Gasteiger partial charge is 0.486 e. The zero-order valence-electron chi connectivity index (χ0n) is 12.1. The molecule has 1 aliphatic heterocycles. The topological polar surface area (TPSA) is 47.6 Å². The second kappa shape index (κ2) is 4.53. The summed E-state index contributed by atoms with van der Waals surface area (Å²) in [6, 6.07) is 7.84. The summed E-state index contributed by atoms with van der Waals surface area (Å²) < 4.78 is 10.8. The molecule has 1 aliphatic rings. The molecule has 1 aromatic carbocycles. The Balaban J connectivity index is 2.31. The van der Waals surface area contributed by atoms with Gasteiger partial charge >= 0.3 is 5.97 Å². The lowest BCUT2D eigenvalue weighted by Gasteiger charge is -2.33. The van der Waals surface area contributed by atoms with Gasteiger partial charge in [-0.25, -0.2) is 0 Å². The van der Waals surface area contributed by atoms with Gasteiger partial charge in [-0.2, -0.15) is 0 Å². The highest BCUT2D eigenvalue weighted by molar-refractivity contribution is 5.79. The highest BCUT2D eigenvalue weighted by Crippen LogP contribution is 2.43. The lowest BCUT2D eigenvalue weighted by atomic mass is 9.91. The van der Waals surface area contributed by atoms with Gasteiger partial charge in [0, 0.05) is 5.56 Å². The molecule has 1 atom stereocenters. The minimum atomic E-state index is -0.766. The molecule has 1 aromatic rings. The first-order valence-electron chi connectivity index (χ1n) is 6.42. The molecule has 2 rings (SSSR count). The maximum absolute atomic E-state index is 11.8. The van der Waals surface area contributed by atoms with Crippen molar-refractivity contribution in [2.45, 2.75) is 44.9 Å². The monoisotopic (exact) mass is 263 g/mol. The van der Waals surface area contributed by atoms with Gasteiger partial charge in [-0.1, -0.05) is 18.2 Å². The van der Waals surface area contributed by atoms with Crippen LogP contribution in [-0.4, -0.2) is 24.2 Å². The number of benzene rings is 1. The average molecular weight is 263 g/mol. The number of hydrogen-bond donors (Lipinski definition) is 1. The Bertz CT molecular complexity index is 494. The van der Waals surface area contributed by atoms with Crippen LogP contribution in [0.1, 0.15) is 39.3 Å². The van der Waals surface area contributed by atoms with Crippen molar-refractivity contribution >= 4 is 5.97 Å². The first-order chi connectivity index (χ1) is 8.78. The van der Waals surface area contributed by atoms with Gasteiger partial charge < -0.3 is 9.47 Å². The van der Waals surface area contributed by atoms with Crippen molar-refractivity contribution in [3.05, 3.63) is 29.8 Å². The summed E-state index contributed by atoms with van der Waals surface area (Å²) in [4.78, 5) is 11.8. The molecule has 4 nitrogen and oxygen atoms in total. The molecule has 0 aromatic heterocycles. The van der Waals surface area contributed by atoms with E-state index in [9.17, 15) is 4.79 Å². The smallest absolute Gasteiger partial charge is 0.325 e. The standard InChI is InChI=1S/C15H21NO3/c1-14(2,13(17)18-5)16-12-10-8-6-7-9-11(10)19-15(12,3)4/h6-9,12,16H,1-5H3. The summed E-state index contributed by atoms with van der Waals surface area (Å²) in [6.07, 6.45) is 0. The van der Waals surface area contributed by atoms with E-state index in [2.05, 4.69) is 5.32 Å². The molecule has 1 unspecified atom stereocenters. The van der Waals surface area contributed by atoms with Crippen LogP contribution in [0.2, 0.25) is 0 Å². The van der Waals surface area contributed by atoms with Crippen LogP contribution >= 0.6 is 0 Å². The lowest BCUT2D eigenvalue weighted by Crippen LogP contribution is -2.53. The number of carbonyl (C=O) groups excluding carboxylic acids is 1. The Hall–Kier alpha value is -1.55. The number of hydrogen-bond acceptors (Lipinski definition) is 4. The molecule has 0 bridgehead atoms. The SMILES string of the molecule is COC(=O)C(C)(C)NC1c2ccccc2OC1(C)C. The number of para-hydroxylation sites is 1. The van der Waals surface area contributed by atoms with E-state index in [0.717, 1.165) is 11.3 Å². The zero-order valence-corrected chi connectivity index (χ0v) is 12.1. The fraction of sp³-hybridized carbons (Fsp3) is 0.533. The number of methoxy groups -OCH3 is 1. The summed E-state index contributed by atoms with van der Waals surface area (Å²) in [7, 11) is 1.40. The number of nitrogens with one attached hydrogen (secondary N) is 1. The minimum Gasteiger partial charge on any atom is -0.486 e. The summed E-state index contributed by atoms with van der Waals surface area (Å²) in [5.41, 5.74) is -0.101. The molecule has 0 saturated heterocycles. The van der Waals surface area contributed by atoms with Crippen molar-refractivity contribution in [2.24, 2.45) is 0 Å². The van der Waals surface area contributed by atoms with Crippen LogP contribution in [0, 0.1) is 0 Å². The Kier molecular flexibility index (Phi) is 3.31. The van der Waals surface area contributed by atoms with Crippen LogP contribution in [0.5, 0.6) is 5.75 Å². The van der Waals surface area contributed by atoms with Crippen molar-refractivity contribution in [2.75, 3.05) is 7.11 Å². The quantitative estimate of drug-likeness (QED) is 0.851. The Morgan fingerprint density at radius 3 is 2.63 bits per heavy atom. The lowest BCUT2D eigenvalue weighted by molar-refractivity contribution is -0.147. The predicted octanol–water partition coefficient (Wildman–Crippen LogP) is 2.44. The van der Waals surface area contributed by atoms with E-state index < -0.39 is 11.1 Å². The van der Waals surface area contributed by atoms with Crippen LogP contribution in [0.15, 0.2) is 24.3 Å². The summed E-state index contributed by atoms with van der Waals surface area (Å²) in [5.74, 6) is 0.582. The predicted molar refractivity (Wildman–Crippen MR) is 73.1 cm³/mol. The maximum atomic E-state index is 11.8. The average Bonchev–Trinajstić information content (AvgIpc) is 2.59. The van der Waals surface area contributed by atoms with Crippen molar-refractivity contribution in [1.29, 1.82) is 0 Å². The van der Waals surface area contributed by atoms with Gasteiger partial charge in [0.15, 0.2) is 0 Å². The number of ether oxygens (including phenoxy) is 2. The van der Waals surface area contributed by atoms with Crippen LogP contribution in [0.25, 0.3) is 0 Å². The molecular formula is C15H21NO3. The zero-order chi connectivity index (χ0) is 14.3. The van der Waals surface area contributed by atoms with Crippen molar-refractivity contribution in [3.63, 3.8) is 0 Å². The highest BCUT2D eigenvalue weighted by Gasteiger charge is 2.45. The van der Waals surface area contributed by atoms with Crippen LogP contribution in [0.4, 0.5) is 0 Å². The molecule has 0 radical (unpaired) electrons. The van der Waals surface area contributed by atoms with Gasteiger partial charge in [-0.15, -0.1) is 0 Å². The molecule has 0 aliphatic carbocycles. The molecular weight excluding hydrogens is 242 g/mol. The van der Waals surface area contributed by atoms with E-state index in [1.54, 1.807) is 0 Å². The van der Waals surface area contributed by atoms with Gasteiger partial charge in [-0.05, 0) is 33.8 Å². The number of esters is 1. The van der Waals surface area contributed by atoms with E-state index in [0.29, 0.717) is 0 Å². The first-order valence-corrected chi connectivity index (χ1v) is 6.42. The van der Waals surface area contributed by atoms with Crippen LogP contribution in [0.3, 0.4) is 0 Å². The number of rotatable bonds is 3. The van der Waals surface area contributed by atoms with Gasteiger partial charge in [0.25, 0.3) is 0 Å². The molecule has 4 heteroatoms. The van der Waals surface area contributed by atoms with Gasteiger partial charge in [-0.3, -0.25) is 10.1 Å². The second-order valence-corrected chi connectivity index (χ2v) is 5.94. The molecule has 0 spiro atoms. The van der Waals surface area contributed by atoms with E-state index in [4.69, 9.17) is 9.47 Å². The molecule has 1 N–H and O–H groups in total. The first kappa shape index (κ1) is 13.9. The third-order valence-corrected chi connectivity index (χ3v) is 3.50. The van der Waals surface area contributed by atoms with Crippen molar-refractivity contribution in [1.82, 2.24) is 5.32 Å². The summed E-state index contributed by atoms with van der Waals surface area (Å²) in [5, 5.41) is 3.35. The number of fused-ring (bicyclic) bond motifs is 1.